The first-order chi connectivity index (χ1) is 5.12. The topological polar surface area (TPSA) is 55.4 Å². The molecule has 0 aromatic rings. The first-order valence-electron chi connectivity index (χ1n) is 3.20. The van der Waals surface area contributed by atoms with Crippen molar-refractivity contribution in [2.45, 2.75) is 20.3 Å². The van der Waals surface area contributed by atoms with Crippen molar-refractivity contribution in [1.82, 2.24) is 5.48 Å². The molecule has 12 heavy (non-hydrogen) atoms. The van der Waals surface area contributed by atoms with Gasteiger partial charge in [0.05, 0.1) is 5.75 Å². The molecular formula is C6H12NNaO3S. The van der Waals surface area contributed by atoms with Crippen molar-refractivity contribution in [3.8, 4) is 12.0 Å². The Morgan fingerprint density at radius 1 is 1.50 bits per heavy atom. The zero-order valence-electron chi connectivity index (χ0n) is 6.55. The van der Waals surface area contributed by atoms with Crippen molar-refractivity contribution in [2.24, 2.45) is 0 Å². The monoisotopic (exact) mass is 201 g/mol. The first kappa shape index (κ1) is 14.8. The fourth-order valence-corrected chi connectivity index (χ4v) is 1.18. The molecule has 0 heterocycles. The van der Waals surface area contributed by atoms with E-state index in [0.29, 0.717) is 6.42 Å². The van der Waals surface area contributed by atoms with Gasteiger partial charge in [0.25, 0.3) is 10.1 Å². The Morgan fingerprint density at radius 3 is 2.50 bits per heavy atom. The molecule has 0 rings (SSSR count). The third kappa shape index (κ3) is 8.37. The summed E-state index contributed by atoms with van der Waals surface area (Å²) in [4.78, 5) is 0. The van der Waals surface area contributed by atoms with E-state index in [4.69, 9.17) is 0 Å². The van der Waals surface area contributed by atoms with Crippen LogP contribution in [0.15, 0.2) is 0 Å². The minimum atomic E-state index is -3.42. The standard InChI is InChI=1S/C6H11NO3S.Na.H/c1-3-5-7-10-11(8,9)6-4-2;;/h7H,4,6H2,1-2H3;;. The molecule has 0 aromatic carbocycles. The molecule has 0 fully saturated rings. The molecule has 0 amide bonds. The van der Waals surface area contributed by atoms with Crippen LogP contribution in [0, 0.1) is 12.0 Å². The van der Waals surface area contributed by atoms with Gasteiger partial charge in [-0.15, -0.1) is 4.28 Å². The van der Waals surface area contributed by atoms with E-state index in [9.17, 15) is 8.42 Å². The summed E-state index contributed by atoms with van der Waals surface area (Å²) in [6.07, 6.45) is 0.531. The summed E-state index contributed by atoms with van der Waals surface area (Å²) in [6, 6.07) is 2.26. The number of rotatable bonds is 4. The van der Waals surface area contributed by atoms with Crippen LogP contribution in [0.3, 0.4) is 0 Å². The molecule has 0 atom stereocenters. The van der Waals surface area contributed by atoms with E-state index in [-0.39, 0.29) is 35.3 Å². The van der Waals surface area contributed by atoms with Crippen molar-refractivity contribution in [3.63, 3.8) is 0 Å². The van der Waals surface area contributed by atoms with Gasteiger partial charge < -0.3 is 0 Å². The van der Waals surface area contributed by atoms with Crippen molar-refractivity contribution < 1.29 is 12.7 Å². The van der Waals surface area contributed by atoms with Crippen LogP contribution in [0.2, 0.25) is 0 Å². The molecule has 0 aliphatic carbocycles. The maximum atomic E-state index is 10.8. The Morgan fingerprint density at radius 2 is 2.08 bits per heavy atom. The summed E-state index contributed by atoms with van der Waals surface area (Å²) in [5, 5.41) is 0. The van der Waals surface area contributed by atoms with Crippen LogP contribution < -0.4 is 5.48 Å². The zero-order valence-corrected chi connectivity index (χ0v) is 7.36. The van der Waals surface area contributed by atoms with E-state index >= 15 is 0 Å². The van der Waals surface area contributed by atoms with Gasteiger partial charge in [0.1, 0.15) is 0 Å². The van der Waals surface area contributed by atoms with Gasteiger partial charge in [-0.3, -0.25) is 0 Å². The summed E-state index contributed by atoms with van der Waals surface area (Å²) in [5.74, 6) is 2.44. The van der Waals surface area contributed by atoms with Crippen molar-refractivity contribution in [1.29, 1.82) is 0 Å². The molecule has 0 aliphatic heterocycles. The summed E-state index contributed by atoms with van der Waals surface area (Å²) in [6.45, 7) is 3.33. The van der Waals surface area contributed by atoms with Gasteiger partial charge >= 0.3 is 29.6 Å². The average Bonchev–Trinajstić information content (AvgIpc) is 1.87. The Kier molecular flexibility index (Phi) is 9.72. The number of hydrogen-bond donors (Lipinski definition) is 1. The van der Waals surface area contributed by atoms with Crippen molar-refractivity contribution in [2.75, 3.05) is 5.75 Å². The van der Waals surface area contributed by atoms with E-state index in [1.165, 1.54) is 0 Å². The molecule has 0 aliphatic rings. The van der Waals surface area contributed by atoms with Gasteiger partial charge in [-0.25, -0.2) is 5.48 Å². The molecule has 4 nitrogen and oxygen atoms in total. The molecule has 66 valence electrons. The van der Waals surface area contributed by atoms with E-state index in [0.717, 1.165) is 0 Å². The van der Waals surface area contributed by atoms with Crippen LogP contribution in [0.1, 0.15) is 20.3 Å². The van der Waals surface area contributed by atoms with Crippen LogP contribution in [0.25, 0.3) is 0 Å². The van der Waals surface area contributed by atoms with Gasteiger partial charge in [-0.1, -0.05) is 12.8 Å². The van der Waals surface area contributed by atoms with Crippen LogP contribution in [-0.4, -0.2) is 43.7 Å². The molecule has 0 spiro atoms. The van der Waals surface area contributed by atoms with Gasteiger partial charge in [0, 0.05) is 6.04 Å². The van der Waals surface area contributed by atoms with E-state index in [2.05, 4.69) is 16.2 Å². The second-order valence-electron chi connectivity index (χ2n) is 1.82. The molecule has 0 aromatic heterocycles. The van der Waals surface area contributed by atoms with Gasteiger partial charge in [0.15, 0.2) is 0 Å². The second kappa shape index (κ2) is 7.90. The Balaban J connectivity index is 0. The van der Waals surface area contributed by atoms with E-state index < -0.39 is 10.1 Å². The summed E-state index contributed by atoms with van der Waals surface area (Å²) < 4.78 is 25.8. The molecule has 0 unspecified atom stereocenters. The molecule has 1 N–H and O–H groups in total. The number of hydroxylamine groups is 1. The van der Waals surface area contributed by atoms with Crippen LogP contribution >= 0.6 is 0 Å². The molecule has 0 radical (unpaired) electrons. The second-order valence-corrected chi connectivity index (χ2v) is 3.51. The quantitative estimate of drug-likeness (QED) is 0.290. The zero-order chi connectivity index (χ0) is 8.74. The third-order valence-electron chi connectivity index (χ3n) is 0.799. The van der Waals surface area contributed by atoms with Gasteiger partial charge in [-0.2, -0.15) is 8.42 Å². The molecule has 0 saturated carbocycles. The molecule has 0 bridgehead atoms. The van der Waals surface area contributed by atoms with Crippen LogP contribution in [-0.2, 0) is 14.4 Å². The van der Waals surface area contributed by atoms with Crippen molar-refractivity contribution >= 4 is 39.7 Å². The summed E-state index contributed by atoms with van der Waals surface area (Å²) >= 11 is 0. The van der Waals surface area contributed by atoms with Crippen LogP contribution in [0.4, 0.5) is 0 Å². The Hall–Kier alpha value is 0.270. The van der Waals surface area contributed by atoms with E-state index in [1.54, 1.807) is 13.8 Å². The Bertz CT molecular complexity index is 252. The SMILES string of the molecule is CC#CNOS(=O)(=O)CCC.[NaH]. The summed E-state index contributed by atoms with van der Waals surface area (Å²) in [5.41, 5.74) is 2.01. The average molecular weight is 201 g/mol. The normalized spacial score (nSPS) is 9.17. The van der Waals surface area contributed by atoms with Gasteiger partial charge in [0.2, 0.25) is 0 Å². The number of hydrogen-bond acceptors (Lipinski definition) is 4. The van der Waals surface area contributed by atoms with Gasteiger partial charge in [-0.05, 0) is 13.3 Å². The summed E-state index contributed by atoms with van der Waals surface area (Å²) in [7, 11) is -3.42. The molecular weight excluding hydrogens is 189 g/mol. The molecule has 0 saturated heterocycles. The predicted octanol–water partition coefficient (Wildman–Crippen LogP) is -0.420. The fourth-order valence-electron chi connectivity index (χ4n) is 0.427. The van der Waals surface area contributed by atoms with E-state index in [1.807, 2.05) is 5.48 Å². The van der Waals surface area contributed by atoms with Crippen molar-refractivity contribution in [3.05, 3.63) is 0 Å². The first-order valence-corrected chi connectivity index (χ1v) is 4.78. The third-order valence-corrected chi connectivity index (χ3v) is 2.04. The van der Waals surface area contributed by atoms with Crippen LogP contribution in [0.5, 0.6) is 0 Å². The molecule has 6 heteroatoms. The predicted molar refractivity (Wildman–Crippen MR) is 48.9 cm³/mol. The minimum absolute atomic E-state index is 0. The fraction of sp³-hybridized carbons (Fsp3) is 0.667. The number of nitrogens with one attached hydrogen (secondary N) is 1. The maximum absolute atomic E-state index is 10.8. The Labute approximate surface area is 95.4 Å².